The summed E-state index contributed by atoms with van der Waals surface area (Å²) >= 11 is 0. The molecule has 0 saturated carbocycles. The molecule has 4 heteroatoms. The zero-order valence-corrected chi connectivity index (χ0v) is 24.8. The summed E-state index contributed by atoms with van der Waals surface area (Å²) in [7, 11) is -4.65. The highest BCUT2D eigenvalue weighted by atomic mass is 31.2. The summed E-state index contributed by atoms with van der Waals surface area (Å²) in [6.45, 7) is 13.5. The number of hydrogen-bond acceptors (Lipinski definition) is 2. The minimum absolute atomic E-state index is 0.124. The summed E-state index contributed by atoms with van der Waals surface area (Å²) in [4.78, 5) is 0. The first-order valence-electron chi connectivity index (χ1n) is 13.0. The number of hydrogen-bond donors (Lipinski definition) is 1. The van der Waals surface area contributed by atoms with E-state index in [1.165, 1.54) is 21.2 Å². The third-order valence-electron chi connectivity index (χ3n) is 5.94. The lowest BCUT2D eigenvalue weighted by atomic mass is 10.1. The normalized spacial score (nSPS) is 12.7. The molecule has 0 saturated heterocycles. The maximum atomic E-state index is 5.79. The Morgan fingerprint density at radius 1 is 0.514 bits per heavy atom. The molecule has 0 aliphatic rings. The van der Waals surface area contributed by atoms with E-state index < -0.39 is 14.1 Å². The van der Waals surface area contributed by atoms with Crippen molar-refractivity contribution in [3.63, 3.8) is 0 Å². The molecule has 0 bridgehead atoms. The third-order valence-corrected chi connectivity index (χ3v) is 15.0. The van der Waals surface area contributed by atoms with Crippen LogP contribution in [0.4, 0.5) is 0 Å². The Bertz CT molecular complexity index is 1310. The number of rotatable bonds is 6. The molecule has 4 aromatic rings. The smallest absolute Gasteiger partial charge is 0.0520 e. The zero-order valence-electron chi connectivity index (χ0n) is 23.0. The fraction of sp³-hybridized carbons (Fsp3) is 0.242. The van der Waals surface area contributed by atoms with Crippen molar-refractivity contribution < 1.29 is 0 Å². The predicted molar refractivity (Wildman–Crippen MR) is 169 cm³/mol. The second kappa shape index (κ2) is 11.0. The molecule has 2 nitrogen and oxygen atoms in total. The highest BCUT2D eigenvalue weighted by Gasteiger charge is 2.34. The molecule has 192 valence electrons. The molecule has 0 aromatic heterocycles. The van der Waals surface area contributed by atoms with Crippen molar-refractivity contribution in [3.8, 4) is 0 Å². The van der Waals surface area contributed by atoms with Gasteiger partial charge in [-0.05, 0) is 68.3 Å². The molecule has 0 fully saturated rings. The van der Waals surface area contributed by atoms with Crippen LogP contribution >= 0.6 is 14.1 Å². The van der Waals surface area contributed by atoms with Gasteiger partial charge in [-0.1, -0.05) is 121 Å². The Morgan fingerprint density at radius 2 is 0.838 bits per heavy atom. The summed E-state index contributed by atoms with van der Waals surface area (Å²) < 4.78 is 5.79. The first kappa shape index (κ1) is 27.4. The van der Waals surface area contributed by atoms with E-state index in [0.29, 0.717) is 0 Å². The van der Waals surface area contributed by atoms with E-state index in [-0.39, 0.29) is 11.1 Å². The molecule has 0 unspecified atom stereocenters. The van der Waals surface area contributed by atoms with Gasteiger partial charge in [-0.25, -0.2) is 0 Å². The van der Waals surface area contributed by atoms with Crippen LogP contribution in [0.1, 0.15) is 41.5 Å². The largest absolute Gasteiger partial charge is 0.285 e. The summed E-state index contributed by atoms with van der Waals surface area (Å²) in [5.74, 6) is 0. The highest BCUT2D eigenvalue weighted by Crippen LogP contribution is 2.56. The van der Waals surface area contributed by atoms with Crippen LogP contribution < -0.4 is 26.3 Å². The second-order valence-corrected chi connectivity index (χ2v) is 17.7. The molecule has 0 atom stereocenters. The van der Waals surface area contributed by atoms with Crippen LogP contribution in [0.15, 0.2) is 126 Å². The molecular formula is C33H40N2P2. The summed E-state index contributed by atoms with van der Waals surface area (Å²) in [6, 6.07) is 43.9. The minimum Gasteiger partial charge on any atom is -0.285 e. The Kier molecular flexibility index (Phi) is 8.15. The van der Waals surface area contributed by atoms with Gasteiger partial charge in [0.1, 0.15) is 0 Å². The van der Waals surface area contributed by atoms with Crippen molar-refractivity contribution in [1.82, 2.24) is 5.09 Å². The van der Waals surface area contributed by atoms with Crippen molar-refractivity contribution in [2.75, 3.05) is 0 Å². The van der Waals surface area contributed by atoms with E-state index in [9.17, 15) is 0 Å². The van der Waals surface area contributed by atoms with Gasteiger partial charge in [0, 0.05) is 12.6 Å². The van der Waals surface area contributed by atoms with Gasteiger partial charge in [0.15, 0.2) is 0 Å². The van der Waals surface area contributed by atoms with E-state index in [0.717, 1.165) is 0 Å². The summed E-state index contributed by atoms with van der Waals surface area (Å²) in [5.41, 5.74) is 2.31. The minimum atomic E-state index is -2.37. The number of nitrogens with one attached hydrogen (secondary N) is 1. The zero-order chi connectivity index (χ0) is 26.6. The van der Waals surface area contributed by atoms with Gasteiger partial charge >= 0.3 is 0 Å². The standard InChI is InChI=1S/C33H40N2P2/c1-32(2,3)34-36(28-19-11-7-12-20-28,29-21-13-8-14-22-29)27-37(35-33(4,5)6,30-23-15-9-16-24-30)31-25-17-10-18-26-31/h7-27,34H,1-6H3. The fourth-order valence-corrected chi connectivity index (χ4v) is 15.0. The van der Waals surface area contributed by atoms with Crippen LogP contribution in [0.2, 0.25) is 0 Å². The lowest BCUT2D eigenvalue weighted by molar-refractivity contribution is 0.531. The quantitative estimate of drug-likeness (QED) is 0.261. The molecule has 4 rings (SSSR count). The van der Waals surface area contributed by atoms with Crippen LogP contribution in [-0.2, 0) is 0 Å². The van der Waals surface area contributed by atoms with Gasteiger partial charge in [-0.2, -0.15) is 0 Å². The van der Waals surface area contributed by atoms with Crippen molar-refractivity contribution in [1.29, 1.82) is 0 Å². The maximum Gasteiger partial charge on any atom is 0.0520 e. The molecule has 0 amide bonds. The van der Waals surface area contributed by atoms with Crippen LogP contribution in [0.3, 0.4) is 0 Å². The maximum absolute atomic E-state index is 5.79. The first-order chi connectivity index (χ1) is 17.5. The van der Waals surface area contributed by atoms with Crippen LogP contribution in [0.25, 0.3) is 0 Å². The van der Waals surface area contributed by atoms with Crippen LogP contribution in [0, 0.1) is 0 Å². The van der Waals surface area contributed by atoms with Crippen LogP contribution in [0.5, 0.6) is 0 Å². The Balaban J connectivity index is 2.30. The van der Waals surface area contributed by atoms with E-state index >= 15 is 0 Å². The summed E-state index contributed by atoms with van der Waals surface area (Å²) in [5, 5.41) is 9.40. The van der Waals surface area contributed by atoms with Crippen molar-refractivity contribution in [2.24, 2.45) is 4.74 Å². The number of benzene rings is 4. The molecule has 0 radical (unpaired) electrons. The van der Waals surface area contributed by atoms with Crippen LogP contribution in [-0.4, -0.2) is 16.6 Å². The van der Waals surface area contributed by atoms with E-state index in [2.05, 4.69) is 173 Å². The number of nitrogens with zero attached hydrogens (tertiary/aromatic N) is 1. The van der Waals surface area contributed by atoms with Gasteiger partial charge in [0.2, 0.25) is 0 Å². The van der Waals surface area contributed by atoms with Gasteiger partial charge in [-0.3, -0.25) is 9.83 Å². The Labute approximate surface area is 224 Å². The second-order valence-electron chi connectivity index (χ2n) is 11.5. The molecule has 1 N–H and O–H groups in total. The van der Waals surface area contributed by atoms with Gasteiger partial charge in [0.25, 0.3) is 0 Å². The van der Waals surface area contributed by atoms with Gasteiger partial charge in [0.05, 0.1) is 12.6 Å². The fourth-order valence-electron chi connectivity index (χ4n) is 4.75. The van der Waals surface area contributed by atoms with Gasteiger partial charge < -0.3 is 0 Å². The molecule has 0 aliphatic heterocycles. The molecular weight excluding hydrogens is 486 g/mol. The SMILES string of the molecule is CC(C)(C)N=P(C=P(NC(C)(C)C)(c1ccccc1)c1ccccc1)(c1ccccc1)c1ccccc1. The Morgan fingerprint density at radius 3 is 1.14 bits per heavy atom. The first-order valence-corrected chi connectivity index (χ1v) is 16.6. The van der Waals surface area contributed by atoms with E-state index in [1.54, 1.807) is 0 Å². The van der Waals surface area contributed by atoms with E-state index in [4.69, 9.17) is 4.74 Å². The average Bonchev–Trinajstić information content (AvgIpc) is 2.88. The van der Waals surface area contributed by atoms with Gasteiger partial charge in [-0.15, -0.1) is 0 Å². The van der Waals surface area contributed by atoms with Crippen molar-refractivity contribution in [3.05, 3.63) is 121 Å². The lowest BCUT2D eigenvalue weighted by Crippen LogP contribution is -2.41. The third kappa shape index (κ3) is 6.45. The molecule has 4 aromatic carbocycles. The summed E-state index contributed by atoms with van der Waals surface area (Å²) in [6.07, 6.45) is 0. The van der Waals surface area contributed by atoms with Crippen molar-refractivity contribution >= 4 is 40.8 Å². The lowest BCUT2D eigenvalue weighted by Gasteiger charge is -2.39. The van der Waals surface area contributed by atoms with E-state index in [1.807, 2.05) is 0 Å². The molecule has 0 aliphatic carbocycles. The highest BCUT2D eigenvalue weighted by molar-refractivity contribution is 8.07. The Hall–Kier alpha value is -2.63. The molecule has 37 heavy (non-hydrogen) atoms. The monoisotopic (exact) mass is 526 g/mol. The van der Waals surface area contributed by atoms with Crippen molar-refractivity contribution in [2.45, 2.75) is 52.6 Å². The predicted octanol–water partition coefficient (Wildman–Crippen LogP) is 7.37. The molecule has 0 heterocycles. The molecule has 0 spiro atoms. The topological polar surface area (TPSA) is 24.4 Å². The average molecular weight is 527 g/mol.